The predicted molar refractivity (Wildman–Crippen MR) is 70.3 cm³/mol. The van der Waals surface area contributed by atoms with Gasteiger partial charge in [-0.05, 0) is 25.7 Å². The predicted octanol–water partition coefficient (Wildman–Crippen LogP) is 0.267. The van der Waals surface area contributed by atoms with E-state index in [1.165, 1.54) is 0 Å². The van der Waals surface area contributed by atoms with Gasteiger partial charge in [-0.1, -0.05) is 0 Å². The minimum Gasteiger partial charge on any atom is -0.381 e. The largest absolute Gasteiger partial charge is 0.381 e. The Morgan fingerprint density at radius 1 is 1.26 bits per heavy atom. The van der Waals surface area contributed by atoms with Gasteiger partial charge in [0.2, 0.25) is 10.0 Å². The summed E-state index contributed by atoms with van der Waals surface area (Å²) >= 11 is 0. The van der Waals surface area contributed by atoms with Gasteiger partial charge in [-0.25, -0.2) is 13.6 Å². The molecule has 19 heavy (non-hydrogen) atoms. The second kappa shape index (κ2) is 6.49. The number of primary sulfonamides is 1. The maximum atomic E-state index is 11.4. The molecule has 2 fully saturated rings. The van der Waals surface area contributed by atoms with Crippen molar-refractivity contribution in [3.05, 3.63) is 0 Å². The molecule has 1 unspecified atom stereocenters. The number of ether oxygens (including phenoxy) is 3. The molecular weight excluding hydrogens is 270 g/mol. The lowest BCUT2D eigenvalue weighted by Gasteiger charge is -2.36. The van der Waals surface area contributed by atoms with Crippen molar-refractivity contribution >= 4 is 10.0 Å². The monoisotopic (exact) mass is 293 g/mol. The molecule has 2 N–H and O–H groups in total. The van der Waals surface area contributed by atoms with Crippen LogP contribution in [0.4, 0.5) is 0 Å². The number of hydrogen-bond acceptors (Lipinski definition) is 5. The first-order valence-corrected chi connectivity index (χ1v) is 8.48. The van der Waals surface area contributed by atoms with Crippen LogP contribution in [0, 0.1) is 5.41 Å². The first-order valence-electron chi connectivity index (χ1n) is 6.77. The lowest BCUT2D eigenvalue weighted by atomic mass is 9.83. The SMILES string of the molecule is NS(=O)(=O)CC1(COCC2CCCO2)CCOCC1. The molecule has 2 aliphatic rings. The first kappa shape index (κ1) is 15.2. The van der Waals surface area contributed by atoms with Gasteiger partial charge in [-0.15, -0.1) is 0 Å². The van der Waals surface area contributed by atoms with Crippen LogP contribution in [0.2, 0.25) is 0 Å². The van der Waals surface area contributed by atoms with Crippen LogP contribution in [0.25, 0.3) is 0 Å². The molecule has 2 heterocycles. The van der Waals surface area contributed by atoms with E-state index in [4.69, 9.17) is 19.3 Å². The third kappa shape index (κ3) is 5.00. The van der Waals surface area contributed by atoms with Gasteiger partial charge in [-0.3, -0.25) is 0 Å². The average molecular weight is 293 g/mol. The lowest BCUT2D eigenvalue weighted by Crippen LogP contribution is -2.42. The zero-order chi connectivity index (χ0) is 13.8. The van der Waals surface area contributed by atoms with Crippen LogP contribution in [-0.2, 0) is 24.2 Å². The molecule has 0 spiro atoms. The van der Waals surface area contributed by atoms with Crippen LogP contribution >= 0.6 is 0 Å². The fourth-order valence-electron chi connectivity index (χ4n) is 2.74. The molecule has 0 aliphatic carbocycles. The van der Waals surface area contributed by atoms with E-state index in [0.717, 1.165) is 19.4 Å². The summed E-state index contributed by atoms with van der Waals surface area (Å²) in [6.07, 6.45) is 3.60. The van der Waals surface area contributed by atoms with E-state index in [1.807, 2.05) is 0 Å². The van der Waals surface area contributed by atoms with E-state index in [1.54, 1.807) is 0 Å². The molecule has 2 saturated heterocycles. The van der Waals surface area contributed by atoms with Crippen LogP contribution in [0.15, 0.2) is 0 Å². The Labute approximate surface area is 114 Å². The van der Waals surface area contributed by atoms with Crippen molar-refractivity contribution in [2.75, 3.05) is 38.8 Å². The van der Waals surface area contributed by atoms with E-state index >= 15 is 0 Å². The van der Waals surface area contributed by atoms with Crippen LogP contribution in [0.3, 0.4) is 0 Å². The fraction of sp³-hybridized carbons (Fsp3) is 1.00. The third-order valence-electron chi connectivity index (χ3n) is 3.80. The van der Waals surface area contributed by atoms with Gasteiger partial charge >= 0.3 is 0 Å². The third-order valence-corrected chi connectivity index (χ3v) is 4.81. The van der Waals surface area contributed by atoms with Crippen LogP contribution in [0.5, 0.6) is 0 Å². The molecule has 0 aromatic carbocycles. The summed E-state index contributed by atoms with van der Waals surface area (Å²) in [6.45, 7) is 2.88. The van der Waals surface area contributed by atoms with E-state index in [2.05, 4.69) is 0 Å². The summed E-state index contributed by atoms with van der Waals surface area (Å²) in [7, 11) is -3.50. The number of rotatable bonds is 6. The second-order valence-corrected chi connectivity index (χ2v) is 7.18. The first-order chi connectivity index (χ1) is 8.99. The van der Waals surface area contributed by atoms with Crippen molar-refractivity contribution in [1.82, 2.24) is 0 Å². The smallest absolute Gasteiger partial charge is 0.209 e. The molecule has 112 valence electrons. The summed E-state index contributed by atoms with van der Waals surface area (Å²) in [4.78, 5) is 0. The Hall–Kier alpha value is -0.210. The highest BCUT2D eigenvalue weighted by atomic mass is 32.2. The standard InChI is InChI=1S/C12H23NO5S/c13-19(14,15)10-12(3-6-16-7-4-12)9-17-8-11-2-1-5-18-11/h11H,1-10H2,(H2,13,14,15). The summed E-state index contributed by atoms with van der Waals surface area (Å²) in [5.74, 6) is -0.0329. The van der Waals surface area contributed by atoms with Gasteiger partial charge in [0.05, 0.1) is 25.1 Å². The van der Waals surface area contributed by atoms with Crippen molar-refractivity contribution < 1.29 is 22.6 Å². The van der Waals surface area contributed by atoms with Crippen LogP contribution in [0.1, 0.15) is 25.7 Å². The maximum Gasteiger partial charge on any atom is 0.209 e. The van der Waals surface area contributed by atoms with Gasteiger partial charge in [0.15, 0.2) is 0 Å². The molecule has 0 radical (unpaired) electrons. The van der Waals surface area contributed by atoms with Gasteiger partial charge in [-0.2, -0.15) is 0 Å². The van der Waals surface area contributed by atoms with E-state index in [0.29, 0.717) is 39.3 Å². The molecule has 0 amide bonds. The summed E-state index contributed by atoms with van der Waals surface area (Å²) in [6, 6.07) is 0. The van der Waals surface area contributed by atoms with E-state index < -0.39 is 15.4 Å². The highest BCUT2D eigenvalue weighted by Gasteiger charge is 2.37. The van der Waals surface area contributed by atoms with Gasteiger partial charge in [0.25, 0.3) is 0 Å². The highest BCUT2D eigenvalue weighted by molar-refractivity contribution is 7.89. The van der Waals surface area contributed by atoms with E-state index in [9.17, 15) is 8.42 Å². The lowest BCUT2D eigenvalue weighted by molar-refractivity contribution is -0.0510. The molecule has 0 saturated carbocycles. The van der Waals surface area contributed by atoms with Crippen molar-refractivity contribution in [2.45, 2.75) is 31.8 Å². The summed E-state index contributed by atoms with van der Waals surface area (Å²) < 4.78 is 39.3. The zero-order valence-corrected chi connectivity index (χ0v) is 12.0. The minimum absolute atomic E-state index is 0.0329. The molecule has 0 aromatic rings. The topological polar surface area (TPSA) is 87.9 Å². The molecule has 6 nitrogen and oxygen atoms in total. The molecule has 2 aliphatic heterocycles. The Bertz CT molecular complexity index is 372. The quantitative estimate of drug-likeness (QED) is 0.759. The van der Waals surface area contributed by atoms with Crippen LogP contribution in [-0.4, -0.2) is 53.3 Å². The van der Waals surface area contributed by atoms with E-state index in [-0.39, 0.29) is 11.9 Å². The maximum absolute atomic E-state index is 11.4. The number of hydrogen-bond donors (Lipinski definition) is 1. The van der Waals surface area contributed by atoms with Crippen LogP contribution < -0.4 is 5.14 Å². The minimum atomic E-state index is -3.50. The molecular formula is C12H23NO5S. The fourth-order valence-corrected chi connectivity index (χ4v) is 3.97. The molecule has 7 heteroatoms. The number of nitrogens with two attached hydrogens (primary N) is 1. The van der Waals surface area contributed by atoms with Gasteiger partial charge < -0.3 is 14.2 Å². The molecule has 0 aromatic heterocycles. The average Bonchev–Trinajstić information content (AvgIpc) is 2.81. The Kier molecular flexibility index (Phi) is 5.19. The van der Waals surface area contributed by atoms with Gasteiger partial charge in [0, 0.05) is 25.2 Å². The normalized spacial score (nSPS) is 27.5. The molecule has 0 bridgehead atoms. The molecule has 1 atom stereocenters. The summed E-state index contributed by atoms with van der Waals surface area (Å²) in [5.41, 5.74) is -0.398. The Balaban J connectivity index is 1.85. The van der Waals surface area contributed by atoms with Crippen molar-refractivity contribution in [3.8, 4) is 0 Å². The Morgan fingerprint density at radius 3 is 2.58 bits per heavy atom. The highest BCUT2D eigenvalue weighted by Crippen LogP contribution is 2.32. The second-order valence-electron chi connectivity index (χ2n) is 5.57. The van der Waals surface area contributed by atoms with Gasteiger partial charge in [0.1, 0.15) is 0 Å². The van der Waals surface area contributed by atoms with Crippen molar-refractivity contribution in [3.63, 3.8) is 0 Å². The summed E-state index contributed by atoms with van der Waals surface area (Å²) in [5, 5.41) is 5.20. The van der Waals surface area contributed by atoms with Crippen molar-refractivity contribution in [2.24, 2.45) is 10.6 Å². The molecule has 2 rings (SSSR count). The van der Waals surface area contributed by atoms with Crippen molar-refractivity contribution in [1.29, 1.82) is 0 Å². The zero-order valence-electron chi connectivity index (χ0n) is 11.2. The number of sulfonamides is 1. The Morgan fingerprint density at radius 2 is 2.00 bits per heavy atom.